The number of aromatic nitrogens is 3. The molecule has 7 heteroatoms. The first-order valence-corrected chi connectivity index (χ1v) is 13.0. The van der Waals surface area contributed by atoms with Gasteiger partial charge in [-0.25, -0.2) is 4.98 Å². The van der Waals surface area contributed by atoms with Gasteiger partial charge in [-0.05, 0) is 83.1 Å². The maximum absolute atomic E-state index is 12.7. The highest BCUT2D eigenvalue weighted by atomic mass is 16.5. The molecule has 1 aliphatic rings. The predicted molar refractivity (Wildman–Crippen MR) is 143 cm³/mol. The number of carbonyl (C=O) groups is 1. The van der Waals surface area contributed by atoms with E-state index in [-0.39, 0.29) is 12.0 Å². The Morgan fingerprint density at radius 3 is 2.67 bits per heavy atom. The molecule has 1 aromatic carbocycles. The Hall–Kier alpha value is -3.32. The first-order chi connectivity index (χ1) is 17.2. The van der Waals surface area contributed by atoms with Crippen LogP contribution in [0.25, 0.3) is 27.7 Å². The summed E-state index contributed by atoms with van der Waals surface area (Å²) in [6.45, 7) is 10.3. The van der Waals surface area contributed by atoms with Crippen molar-refractivity contribution in [1.82, 2.24) is 19.7 Å². The smallest absolute Gasteiger partial charge is 0.267 e. The first kappa shape index (κ1) is 24.4. The molecule has 7 nitrogen and oxygen atoms in total. The molecular weight excluding hydrogens is 452 g/mol. The topological polar surface area (TPSA) is 91.7 Å². The SMILES string of the molecule is CCNC(=O)c1cc2c(-c3cc(C(C)(C)O)ccc3OC3CCC(C)CC3)cn3c(C)cnc3c2[nH]1. The van der Waals surface area contributed by atoms with E-state index in [0.29, 0.717) is 12.2 Å². The summed E-state index contributed by atoms with van der Waals surface area (Å²) < 4.78 is 8.67. The van der Waals surface area contributed by atoms with Crippen molar-refractivity contribution in [1.29, 1.82) is 0 Å². The Labute approximate surface area is 211 Å². The summed E-state index contributed by atoms with van der Waals surface area (Å²) >= 11 is 0. The van der Waals surface area contributed by atoms with Crippen LogP contribution >= 0.6 is 0 Å². The fourth-order valence-corrected chi connectivity index (χ4v) is 5.18. The van der Waals surface area contributed by atoms with Crippen molar-refractivity contribution in [2.24, 2.45) is 5.92 Å². The van der Waals surface area contributed by atoms with Crippen molar-refractivity contribution >= 4 is 22.5 Å². The molecule has 4 aromatic rings. The zero-order valence-electron chi connectivity index (χ0n) is 21.8. The van der Waals surface area contributed by atoms with Crippen LogP contribution in [-0.2, 0) is 5.60 Å². The number of H-pyrrole nitrogens is 1. The number of ether oxygens (including phenoxy) is 1. The van der Waals surface area contributed by atoms with Gasteiger partial charge in [0, 0.05) is 41.1 Å². The highest BCUT2D eigenvalue weighted by molar-refractivity contribution is 6.07. The number of nitrogens with one attached hydrogen (secondary N) is 2. The molecule has 0 saturated heterocycles. The Morgan fingerprint density at radius 1 is 1.22 bits per heavy atom. The van der Waals surface area contributed by atoms with Crippen molar-refractivity contribution in [3.05, 3.63) is 53.6 Å². The van der Waals surface area contributed by atoms with E-state index in [1.165, 1.54) is 12.8 Å². The quantitative estimate of drug-likeness (QED) is 0.323. The van der Waals surface area contributed by atoms with Gasteiger partial charge < -0.3 is 24.5 Å². The van der Waals surface area contributed by atoms with Gasteiger partial charge in [0.25, 0.3) is 5.91 Å². The van der Waals surface area contributed by atoms with Crippen LogP contribution in [0.4, 0.5) is 0 Å². The third-order valence-corrected chi connectivity index (χ3v) is 7.39. The number of aliphatic hydroxyl groups is 1. The molecule has 3 heterocycles. The molecule has 0 aliphatic heterocycles. The average Bonchev–Trinajstić information content (AvgIpc) is 3.44. The van der Waals surface area contributed by atoms with Gasteiger partial charge in [-0.1, -0.05) is 13.0 Å². The first-order valence-electron chi connectivity index (χ1n) is 13.0. The second-order valence-electron chi connectivity index (χ2n) is 10.7. The number of carbonyl (C=O) groups excluding carboxylic acids is 1. The summed E-state index contributed by atoms with van der Waals surface area (Å²) in [6, 6.07) is 7.84. The van der Waals surface area contributed by atoms with Crippen molar-refractivity contribution in [3.63, 3.8) is 0 Å². The van der Waals surface area contributed by atoms with Gasteiger partial charge in [-0.15, -0.1) is 0 Å². The van der Waals surface area contributed by atoms with Gasteiger partial charge in [0.15, 0.2) is 5.65 Å². The second-order valence-corrected chi connectivity index (χ2v) is 10.7. The number of fused-ring (bicyclic) bond motifs is 3. The van der Waals surface area contributed by atoms with Crippen LogP contribution in [0.3, 0.4) is 0 Å². The lowest BCUT2D eigenvalue weighted by molar-refractivity contribution is 0.0784. The number of rotatable bonds is 6. The molecule has 5 rings (SSSR count). The number of benzene rings is 1. The summed E-state index contributed by atoms with van der Waals surface area (Å²) in [5, 5.41) is 14.6. The molecule has 3 N–H and O–H groups in total. The van der Waals surface area contributed by atoms with Gasteiger partial charge >= 0.3 is 0 Å². The van der Waals surface area contributed by atoms with E-state index in [1.54, 1.807) is 13.8 Å². The highest BCUT2D eigenvalue weighted by Crippen LogP contribution is 2.40. The van der Waals surface area contributed by atoms with Crippen LogP contribution in [0.5, 0.6) is 5.75 Å². The predicted octanol–water partition coefficient (Wildman–Crippen LogP) is 5.73. The van der Waals surface area contributed by atoms with E-state index < -0.39 is 5.60 Å². The summed E-state index contributed by atoms with van der Waals surface area (Å²) in [5.74, 6) is 1.38. The average molecular weight is 489 g/mol. The van der Waals surface area contributed by atoms with Crippen molar-refractivity contribution in [2.75, 3.05) is 6.54 Å². The van der Waals surface area contributed by atoms with Gasteiger partial charge in [0.2, 0.25) is 0 Å². The lowest BCUT2D eigenvalue weighted by Crippen LogP contribution is -2.23. The minimum absolute atomic E-state index is 0.154. The number of aryl methyl sites for hydroxylation is 1. The number of imidazole rings is 1. The Balaban J connectivity index is 1.72. The summed E-state index contributed by atoms with van der Waals surface area (Å²) in [4.78, 5) is 20.6. The van der Waals surface area contributed by atoms with Gasteiger partial charge in [0.1, 0.15) is 11.4 Å². The van der Waals surface area contributed by atoms with Crippen molar-refractivity contribution < 1.29 is 14.6 Å². The molecule has 0 spiro atoms. The van der Waals surface area contributed by atoms with Gasteiger partial charge in [-0.2, -0.15) is 0 Å². The summed E-state index contributed by atoms with van der Waals surface area (Å²) in [6.07, 6.45) is 8.47. The monoisotopic (exact) mass is 488 g/mol. The van der Waals surface area contributed by atoms with Gasteiger partial charge in [-0.3, -0.25) is 4.79 Å². The molecule has 0 bridgehead atoms. The van der Waals surface area contributed by atoms with Crippen LogP contribution in [0.2, 0.25) is 0 Å². The van der Waals surface area contributed by atoms with E-state index in [2.05, 4.69) is 28.4 Å². The number of hydrogen-bond acceptors (Lipinski definition) is 4. The van der Waals surface area contributed by atoms with Crippen LogP contribution in [0.1, 0.15) is 75.1 Å². The fraction of sp³-hybridized carbons (Fsp3) is 0.448. The lowest BCUT2D eigenvalue weighted by atomic mass is 9.88. The molecule has 0 atom stereocenters. The molecular formula is C29H36N4O3. The summed E-state index contributed by atoms with van der Waals surface area (Å²) in [7, 11) is 0. The largest absolute Gasteiger partial charge is 0.490 e. The number of amides is 1. The van der Waals surface area contributed by atoms with E-state index >= 15 is 0 Å². The Morgan fingerprint density at radius 2 is 1.97 bits per heavy atom. The molecule has 36 heavy (non-hydrogen) atoms. The number of hydrogen-bond donors (Lipinski definition) is 3. The maximum Gasteiger partial charge on any atom is 0.267 e. The highest BCUT2D eigenvalue weighted by Gasteiger charge is 2.25. The molecule has 1 saturated carbocycles. The molecule has 1 aliphatic carbocycles. The summed E-state index contributed by atoms with van der Waals surface area (Å²) in [5.41, 5.74) is 4.67. The number of pyridine rings is 1. The Bertz CT molecular complexity index is 1420. The molecule has 190 valence electrons. The molecule has 3 aromatic heterocycles. The maximum atomic E-state index is 12.7. The molecule has 1 fully saturated rings. The third kappa shape index (κ3) is 4.48. The van der Waals surface area contributed by atoms with E-state index in [9.17, 15) is 9.90 Å². The van der Waals surface area contributed by atoms with Crippen LogP contribution in [0.15, 0.2) is 36.7 Å². The van der Waals surface area contributed by atoms with E-state index in [0.717, 1.165) is 63.4 Å². The van der Waals surface area contributed by atoms with Crippen LogP contribution < -0.4 is 10.1 Å². The van der Waals surface area contributed by atoms with E-state index in [4.69, 9.17) is 4.74 Å². The zero-order chi connectivity index (χ0) is 25.6. The Kier molecular flexibility index (Phi) is 6.29. The number of nitrogens with zero attached hydrogens (tertiary/aromatic N) is 2. The van der Waals surface area contributed by atoms with Crippen LogP contribution in [0, 0.1) is 12.8 Å². The normalized spacial score (nSPS) is 18.6. The van der Waals surface area contributed by atoms with Crippen molar-refractivity contribution in [3.8, 4) is 16.9 Å². The van der Waals surface area contributed by atoms with Crippen molar-refractivity contribution in [2.45, 2.75) is 72.0 Å². The fourth-order valence-electron chi connectivity index (χ4n) is 5.18. The minimum atomic E-state index is -1.01. The number of aromatic amines is 1. The minimum Gasteiger partial charge on any atom is -0.490 e. The molecule has 0 unspecified atom stereocenters. The van der Waals surface area contributed by atoms with E-state index in [1.807, 2.05) is 48.7 Å². The standard InChI is InChI=1S/C29H36N4O3/c1-6-30-28(34)24-14-22-23(16-33-18(3)15-31-27(33)26(22)32-24)21-13-19(29(4,5)35)9-12-25(21)36-20-10-7-17(2)8-11-20/h9,12-17,20,32,35H,6-8,10-11H2,1-5H3,(H,30,34). The molecule has 1 amide bonds. The second kappa shape index (κ2) is 9.28. The molecule has 0 radical (unpaired) electrons. The zero-order valence-corrected chi connectivity index (χ0v) is 21.8. The third-order valence-electron chi connectivity index (χ3n) is 7.39. The lowest BCUT2D eigenvalue weighted by Gasteiger charge is -2.28. The van der Waals surface area contributed by atoms with Gasteiger partial charge in [0.05, 0.1) is 17.2 Å². The van der Waals surface area contributed by atoms with Crippen LogP contribution in [-0.4, -0.2) is 38.0 Å².